The molecule has 2 bridgehead atoms. The van der Waals surface area contributed by atoms with Gasteiger partial charge < -0.3 is 4.74 Å². The van der Waals surface area contributed by atoms with E-state index in [0.717, 1.165) is 6.42 Å². The first-order valence-electron chi connectivity index (χ1n) is 4.26. The molecular weight excluding hydrogens is 152 g/mol. The fraction of sp³-hybridized carbons (Fsp3) is 0.500. The molecule has 2 rings (SSSR count). The Labute approximate surface area is 71.9 Å². The molecule has 0 aliphatic heterocycles. The molecule has 0 aromatic rings. The molecule has 0 aromatic heterocycles. The zero-order valence-corrected chi connectivity index (χ0v) is 7.07. The number of esters is 1. The number of fused-ring (bicyclic) bond motifs is 2. The van der Waals surface area contributed by atoms with Crippen LogP contribution in [-0.4, -0.2) is 13.1 Å². The first-order chi connectivity index (χ1) is 5.83. The SMILES string of the molecule is COC(=O)[C@@H]1[C@H]2C=CC[C@H]1C=C2. The summed E-state index contributed by atoms with van der Waals surface area (Å²) in [5, 5.41) is 0. The molecule has 0 aromatic carbocycles. The molecule has 2 aliphatic carbocycles. The van der Waals surface area contributed by atoms with Gasteiger partial charge in [-0.25, -0.2) is 0 Å². The summed E-state index contributed by atoms with van der Waals surface area (Å²) in [6.07, 6.45) is 9.46. The van der Waals surface area contributed by atoms with Gasteiger partial charge >= 0.3 is 5.97 Å². The number of hydrogen-bond acceptors (Lipinski definition) is 2. The Bertz CT molecular complexity index is 251. The van der Waals surface area contributed by atoms with E-state index in [2.05, 4.69) is 24.3 Å². The van der Waals surface area contributed by atoms with Gasteiger partial charge in [0.2, 0.25) is 0 Å². The van der Waals surface area contributed by atoms with Crippen LogP contribution in [0.15, 0.2) is 24.3 Å². The number of allylic oxidation sites excluding steroid dienone is 4. The molecule has 0 saturated heterocycles. The highest BCUT2D eigenvalue weighted by Crippen LogP contribution is 2.38. The van der Waals surface area contributed by atoms with Crippen molar-refractivity contribution in [2.45, 2.75) is 6.42 Å². The van der Waals surface area contributed by atoms with Crippen molar-refractivity contribution in [3.63, 3.8) is 0 Å². The van der Waals surface area contributed by atoms with Gasteiger partial charge in [0.15, 0.2) is 0 Å². The Morgan fingerprint density at radius 1 is 1.42 bits per heavy atom. The lowest BCUT2D eigenvalue weighted by Crippen LogP contribution is -2.27. The van der Waals surface area contributed by atoms with Crippen LogP contribution in [0.25, 0.3) is 0 Å². The lowest BCUT2D eigenvalue weighted by atomic mass is 9.82. The number of hydrogen-bond donors (Lipinski definition) is 0. The molecule has 64 valence electrons. The molecule has 12 heavy (non-hydrogen) atoms. The highest BCUT2D eigenvalue weighted by atomic mass is 16.5. The predicted molar refractivity (Wildman–Crippen MR) is 45.4 cm³/mol. The molecule has 0 amide bonds. The summed E-state index contributed by atoms with van der Waals surface area (Å²) in [6.45, 7) is 0. The van der Waals surface area contributed by atoms with Gasteiger partial charge in [-0.2, -0.15) is 0 Å². The molecule has 0 saturated carbocycles. The monoisotopic (exact) mass is 164 g/mol. The Kier molecular flexibility index (Phi) is 1.75. The topological polar surface area (TPSA) is 26.3 Å². The van der Waals surface area contributed by atoms with Gasteiger partial charge in [-0.1, -0.05) is 24.3 Å². The maximum absolute atomic E-state index is 11.3. The van der Waals surface area contributed by atoms with Crippen molar-refractivity contribution in [1.82, 2.24) is 0 Å². The number of rotatable bonds is 1. The van der Waals surface area contributed by atoms with Gasteiger partial charge in [0.05, 0.1) is 13.0 Å². The highest BCUT2D eigenvalue weighted by molar-refractivity contribution is 5.75. The number of carbonyl (C=O) groups is 1. The van der Waals surface area contributed by atoms with Gasteiger partial charge in [0, 0.05) is 5.92 Å². The fourth-order valence-corrected chi connectivity index (χ4v) is 2.07. The third-order valence-electron chi connectivity index (χ3n) is 2.70. The Morgan fingerprint density at radius 3 is 2.92 bits per heavy atom. The summed E-state index contributed by atoms with van der Waals surface area (Å²) in [5.74, 6) is 0.656. The Morgan fingerprint density at radius 2 is 2.25 bits per heavy atom. The zero-order chi connectivity index (χ0) is 8.55. The van der Waals surface area contributed by atoms with Crippen LogP contribution in [-0.2, 0) is 9.53 Å². The van der Waals surface area contributed by atoms with Gasteiger partial charge in [0.1, 0.15) is 0 Å². The van der Waals surface area contributed by atoms with E-state index in [1.807, 2.05) is 0 Å². The highest BCUT2D eigenvalue weighted by Gasteiger charge is 2.37. The molecule has 3 atom stereocenters. The largest absolute Gasteiger partial charge is 0.469 e. The van der Waals surface area contributed by atoms with E-state index in [1.54, 1.807) is 0 Å². The van der Waals surface area contributed by atoms with E-state index < -0.39 is 0 Å². The summed E-state index contributed by atoms with van der Waals surface area (Å²) in [6, 6.07) is 0. The molecule has 0 heterocycles. The van der Waals surface area contributed by atoms with E-state index in [1.165, 1.54) is 7.11 Å². The standard InChI is InChI=1S/C10H12O2/c1-12-10(11)9-7-3-2-4-8(9)6-5-7/h2-3,5-9H,4H2,1H3/t7-,8-,9+/m0/s1. The first kappa shape index (κ1) is 7.59. The Balaban J connectivity index is 2.20. The number of carbonyl (C=O) groups excluding carboxylic acids is 1. The molecule has 0 unspecified atom stereocenters. The summed E-state index contributed by atoms with van der Waals surface area (Å²) >= 11 is 0. The second kappa shape index (κ2) is 2.77. The summed E-state index contributed by atoms with van der Waals surface area (Å²) in [7, 11) is 1.46. The zero-order valence-electron chi connectivity index (χ0n) is 7.07. The minimum atomic E-state index is -0.0700. The third-order valence-corrected chi connectivity index (χ3v) is 2.70. The van der Waals surface area contributed by atoms with E-state index in [4.69, 9.17) is 4.74 Å². The predicted octanol–water partition coefficient (Wildman–Crippen LogP) is 1.54. The molecule has 0 N–H and O–H groups in total. The molecule has 2 nitrogen and oxygen atoms in total. The molecule has 2 aliphatic rings. The number of methoxy groups -OCH3 is 1. The van der Waals surface area contributed by atoms with Crippen LogP contribution in [0, 0.1) is 17.8 Å². The van der Waals surface area contributed by atoms with Crippen LogP contribution in [0.2, 0.25) is 0 Å². The average Bonchev–Trinajstić information content (AvgIpc) is 2.35. The lowest BCUT2D eigenvalue weighted by molar-refractivity contribution is -0.147. The van der Waals surface area contributed by atoms with E-state index in [9.17, 15) is 4.79 Å². The van der Waals surface area contributed by atoms with Crippen molar-refractivity contribution in [3.8, 4) is 0 Å². The lowest BCUT2D eigenvalue weighted by Gasteiger charge is -2.23. The number of ether oxygens (including phenoxy) is 1. The van der Waals surface area contributed by atoms with E-state index >= 15 is 0 Å². The minimum Gasteiger partial charge on any atom is -0.469 e. The van der Waals surface area contributed by atoms with Crippen molar-refractivity contribution in [1.29, 1.82) is 0 Å². The van der Waals surface area contributed by atoms with Crippen molar-refractivity contribution in [2.24, 2.45) is 17.8 Å². The van der Waals surface area contributed by atoms with Crippen molar-refractivity contribution >= 4 is 5.97 Å². The van der Waals surface area contributed by atoms with Crippen molar-refractivity contribution in [3.05, 3.63) is 24.3 Å². The average molecular weight is 164 g/mol. The Hall–Kier alpha value is -1.05. The van der Waals surface area contributed by atoms with E-state index in [-0.39, 0.29) is 17.8 Å². The minimum absolute atomic E-state index is 0.0556. The van der Waals surface area contributed by atoms with Gasteiger partial charge in [-0.15, -0.1) is 0 Å². The first-order valence-corrected chi connectivity index (χ1v) is 4.26. The fourth-order valence-electron chi connectivity index (χ4n) is 2.07. The second-order valence-electron chi connectivity index (χ2n) is 3.34. The summed E-state index contributed by atoms with van der Waals surface area (Å²) in [5.41, 5.74) is 0. The molecular formula is C10H12O2. The molecule has 2 heteroatoms. The quantitative estimate of drug-likeness (QED) is 0.434. The third kappa shape index (κ3) is 0.986. The maximum Gasteiger partial charge on any atom is 0.310 e. The molecule has 0 fully saturated rings. The van der Waals surface area contributed by atoms with Crippen LogP contribution in [0.3, 0.4) is 0 Å². The van der Waals surface area contributed by atoms with E-state index in [0.29, 0.717) is 5.92 Å². The van der Waals surface area contributed by atoms with Crippen LogP contribution >= 0.6 is 0 Å². The second-order valence-corrected chi connectivity index (χ2v) is 3.34. The summed E-state index contributed by atoms with van der Waals surface area (Å²) < 4.78 is 4.76. The van der Waals surface area contributed by atoms with Crippen LogP contribution in [0.1, 0.15) is 6.42 Å². The van der Waals surface area contributed by atoms with Crippen LogP contribution in [0.4, 0.5) is 0 Å². The van der Waals surface area contributed by atoms with Crippen molar-refractivity contribution < 1.29 is 9.53 Å². The van der Waals surface area contributed by atoms with Crippen molar-refractivity contribution in [2.75, 3.05) is 7.11 Å². The maximum atomic E-state index is 11.3. The smallest absolute Gasteiger partial charge is 0.310 e. The van der Waals surface area contributed by atoms with Gasteiger partial charge in [-0.05, 0) is 12.3 Å². The molecule has 0 spiro atoms. The van der Waals surface area contributed by atoms with Crippen LogP contribution < -0.4 is 0 Å². The van der Waals surface area contributed by atoms with Gasteiger partial charge in [-0.3, -0.25) is 4.79 Å². The molecule has 0 radical (unpaired) electrons. The normalized spacial score (nSPS) is 36.9. The van der Waals surface area contributed by atoms with Gasteiger partial charge in [0.25, 0.3) is 0 Å². The summed E-state index contributed by atoms with van der Waals surface area (Å²) in [4.78, 5) is 11.3. The van der Waals surface area contributed by atoms with Crippen LogP contribution in [0.5, 0.6) is 0 Å².